The Labute approximate surface area is 173 Å². The number of thiophene rings is 1. The first-order valence-electron chi connectivity index (χ1n) is 9.60. The molecule has 1 fully saturated rings. The molecule has 2 aromatic rings. The highest BCUT2D eigenvalue weighted by atomic mass is 32.1. The molecule has 7 nitrogen and oxygen atoms in total. The fourth-order valence-electron chi connectivity index (χ4n) is 3.55. The fourth-order valence-corrected chi connectivity index (χ4v) is 4.25. The van der Waals surface area contributed by atoms with Crippen molar-refractivity contribution in [1.29, 1.82) is 0 Å². The first-order valence-corrected chi connectivity index (χ1v) is 10.5. The molecule has 8 heteroatoms. The molecule has 1 aliphatic rings. The summed E-state index contributed by atoms with van der Waals surface area (Å²) >= 11 is 1.69. The van der Waals surface area contributed by atoms with E-state index in [-0.39, 0.29) is 18.2 Å². The van der Waals surface area contributed by atoms with Crippen LogP contribution in [0.15, 0.2) is 23.6 Å². The quantitative estimate of drug-likeness (QED) is 0.377. The number of urea groups is 1. The van der Waals surface area contributed by atoms with Crippen LogP contribution in [-0.2, 0) is 22.6 Å². The van der Waals surface area contributed by atoms with Gasteiger partial charge >= 0.3 is 17.8 Å². The second-order valence-electron chi connectivity index (χ2n) is 7.67. The number of aromatic nitrogens is 1. The lowest BCUT2D eigenvalue weighted by Crippen LogP contribution is -2.38. The molecule has 0 radical (unpaired) electrons. The molecule has 0 aromatic carbocycles. The smallest absolute Gasteiger partial charge is 0.334 e. The van der Waals surface area contributed by atoms with Crippen LogP contribution in [0.4, 0.5) is 4.79 Å². The van der Waals surface area contributed by atoms with E-state index in [2.05, 4.69) is 10.6 Å². The molecule has 2 aromatic heterocycles. The summed E-state index contributed by atoms with van der Waals surface area (Å²) in [4.78, 5) is 52.6. The zero-order chi connectivity index (χ0) is 21.3. The van der Waals surface area contributed by atoms with Crippen LogP contribution in [0.5, 0.6) is 0 Å². The summed E-state index contributed by atoms with van der Waals surface area (Å²) in [5.41, 5.74) is 2.22. The molecular formula is C21H25N3O4S. The number of amides is 4. The van der Waals surface area contributed by atoms with Crippen LogP contribution in [-0.4, -0.2) is 51.1 Å². The molecular weight excluding hydrogens is 390 g/mol. The summed E-state index contributed by atoms with van der Waals surface area (Å²) in [7, 11) is 0. The molecule has 154 valence electrons. The molecule has 1 aliphatic heterocycles. The maximum atomic E-state index is 12.9. The van der Waals surface area contributed by atoms with Gasteiger partial charge in [-0.25, -0.2) is 9.69 Å². The van der Waals surface area contributed by atoms with Crippen molar-refractivity contribution in [3.63, 3.8) is 0 Å². The highest BCUT2D eigenvalue weighted by molar-refractivity contribution is 7.09. The van der Waals surface area contributed by atoms with Crippen LogP contribution in [0.3, 0.4) is 0 Å². The Morgan fingerprint density at radius 1 is 1.10 bits per heavy atom. The summed E-state index contributed by atoms with van der Waals surface area (Å²) in [6, 6.07) is 5.16. The number of rotatable bonds is 8. The van der Waals surface area contributed by atoms with E-state index >= 15 is 0 Å². The van der Waals surface area contributed by atoms with Crippen molar-refractivity contribution < 1.29 is 19.2 Å². The van der Waals surface area contributed by atoms with Crippen LogP contribution >= 0.6 is 11.3 Å². The maximum absolute atomic E-state index is 12.9. The molecule has 0 unspecified atom stereocenters. The zero-order valence-electron chi connectivity index (χ0n) is 17.1. The Morgan fingerprint density at radius 2 is 1.79 bits per heavy atom. The van der Waals surface area contributed by atoms with Gasteiger partial charge in [-0.2, -0.15) is 0 Å². The third kappa shape index (κ3) is 4.17. The topological polar surface area (TPSA) is 79.7 Å². The van der Waals surface area contributed by atoms with Gasteiger partial charge in [0.15, 0.2) is 5.78 Å². The van der Waals surface area contributed by atoms with E-state index < -0.39 is 24.4 Å². The Morgan fingerprint density at radius 3 is 2.41 bits per heavy atom. The first-order chi connectivity index (χ1) is 13.7. The minimum atomic E-state index is -0.935. The first kappa shape index (κ1) is 21.0. The number of hydrogen-bond acceptors (Lipinski definition) is 5. The van der Waals surface area contributed by atoms with Crippen molar-refractivity contribution in [3.8, 4) is 0 Å². The molecule has 1 saturated heterocycles. The largest absolute Gasteiger partial charge is 0.348 e. The average Bonchev–Trinajstić information content (AvgIpc) is 3.32. The molecule has 4 amide bonds. The summed E-state index contributed by atoms with van der Waals surface area (Å²) < 4.78 is 2.07. The molecule has 29 heavy (non-hydrogen) atoms. The lowest BCUT2D eigenvalue weighted by molar-refractivity contribution is -0.143. The summed E-state index contributed by atoms with van der Waals surface area (Å²) in [6.45, 7) is 7.97. The van der Waals surface area contributed by atoms with E-state index in [1.165, 1.54) is 4.88 Å². The minimum absolute atomic E-state index is 0.0358. The van der Waals surface area contributed by atoms with Gasteiger partial charge in [-0.05, 0) is 43.7 Å². The molecule has 0 atom stereocenters. The fraction of sp³-hybridized carbons (Fsp3) is 0.429. The van der Waals surface area contributed by atoms with E-state index in [1.54, 1.807) is 17.4 Å². The normalized spacial score (nSPS) is 14.6. The third-order valence-corrected chi connectivity index (χ3v) is 5.96. The van der Waals surface area contributed by atoms with Crippen LogP contribution in [0, 0.1) is 19.8 Å². The number of Topliss-reactive ketones (excluding diaryl/α,β-unsaturated/α-hetero) is 1. The van der Waals surface area contributed by atoms with E-state index in [1.807, 2.05) is 39.1 Å². The molecule has 0 spiro atoms. The lowest BCUT2D eigenvalue weighted by atomic mass is 10.1. The van der Waals surface area contributed by atoms with E-state index in [0.29, 0.717) is 5.56 Å². The van der Waals surface area contributed by atoms with Crippen molar-refractivity contribution in [3.05, 3.63) is 45.4 Å². The second kappa shape index (κ2) is 8.32. The monoisotopic (exact) mass is 415 g/mol. The van der Waals surface area contributed by atoms with E-state index in [4.69, 9.17) is 0 Å². The van der Waals surface area contributed by atoms with Gasteiger partial charge < -0.3 is 4.57 Å². The van der Waals surface area contributed by atoms with E-state index in [0.717, 1.165) is 34.2 Å². The van der Waals surface area contributed by atoms with Crippen molar-refractivity contribution in [2.45, 2.75) is 40.7 Å². The van der Waals surface area contributed by atoms with Crippen molar-refractivity contribution >= 4 is 35.0 Å². The Balaban J connectivity index is 1.74. The van der Waals surface area contributed by atoms with Gasteiger partial charge in [0, 0.05) is 34.9 Å². The highest BCUT2D eigenvalue weighted by Gasteiger charge is 2.45. The van der Waals surface area contributed by atoms with Crippen LogP contribution in [0.2, 0.25) is 0 Å². The number of carbonyl (C=O) groups excluding carboxylic acids is 4. The number of hydrogen-bond donors (Lipinski definition) is 0. The van der Waals surface area contributed by atoms with Crippen molar-refractivity contribution in [2.75, 3.05) is 13.1 Å². The molecule has 3 rings (SSSR count). The van der Waals surface area contributed by atoms with Gasteiger partial charge in [-0.3, -0.25) is 19.3 Å². The number of imide groups is 2. The predicted molar refractivity (Wildman–Crippen MR) is 110 cm³/mol. The predicted octanol–water partition coefficient (Wildman–Crippen LogP) is 3.04. The number of aryl methyl sites for hydroxylation is 2. The Kier molecular flexibility index (Phi) is 6.02. The maximum Gasteiger partial charge on any atom is 0.334 e. The highest BCUT2D eigenvalue weighted by Crippen LogP contribution is 2.20. The van der Waals surface area contributed by atoms with Gasteiger partial charge in [-0.1, -0.05) is 19.9 Å². The van der Waals surface area contributed by atoms with Crippen LogP contribution < -0.4 is 0 Å². The summed E-state index contributed by atoms with van der Waals surface area (Å²) in [6.07, 6.45) is 0.865. The molecule has 3 heterocycles. The molecule has 0 aliphatic carbocycles. The lowest BCUT2D eigenvalue weighted by Gasteiger charge is -2.16. The SMILES string of the molecule is Cc1cc(C(=O)CN2C(=O)C(=O)N(CC(C)C)C2=O)c(C)n1CCc1cccs1. The van der Waals surface area contributed by atoms with Crippen molar-refractivity contribution in [2.24, 2.45) is 5.92 Å². The van der Waals surface area contributed by atoms with Gasteiger partial charge in [0.2, 0.25) is 0 Å². The summed E-state index contributed by atoms with van der Waals surface area (Å²) in [5, 5.41) is 2.04. The van der Waals surface area contributed by atoms with Crippen LogP contribution in [0.1, 0.15) is 40.5 Å². The second-order valence-corrected chi connectivity index (χ2v) is 8.70. The molecule has 0 N–H and O–H groups in total. The zero-order valence-corrected chi connectivity index (χ0v) is 17.9. The third-order valence-electron chi connectivity index (χ3n) is 5.02. The Bertz CT molecular complexity index is 959. The molecule has 0 bridgehead atoms. The van der Waals surface area contributed by atoms with Gasteiger partial charge in [0.25, 0.3) is 0 Å². The Hall–Kier alpha value is -2.74. The minimum Gasteiger partial charge on any atom is -0.348 e. The van der Waals surface area contributed by atoms with Gasteiger partial charge in [0.1, 0.15) is 0 Å². The van der Waals surface area contributed by atoms with Crippen LogP contribution in [0.25, 0.3) is 0 Å². The summed E-state index contributed by atoms with van der Waals surface area (Å²) in [5.74, 6) is -2.11. The van der Waals surface area contributed by atoms with Crippen molar-refractivity contribution in [1.82, 2.24) is 14.4 Å². The standard InChI is InChI=1S/C21H25N3O4S/c1-13(2)11-23-19(26)20(27)24(21(23)28)12-18(25)17-10-14(3)22(15(17)4)8-7-16-6-5-9-29-16/h5-6,9-10,13H,7-8,11-12H2,1-4H3. The number of carbonyl (C=O) groups is 4. The number of nitrogens with zero attached hydrogens (tertiary/aromatic N) is 3. The average molecular weight is 416 g/mol. The molecule has 0 saturated carbocycles. The number of ketones is 1. The van der Waals surface area contributed by atoms with E-state index in [9.17, 15) is 19.2 Å². The van der Waals surface area contributed by atoms with Gasteiger partial charge in [-0.15, -0.1) is 11.3 Å². The van der Waals surface area contributed by atoms with Gasteiger partial charge in [0.05, 0.1) is 6.54 Å².